The Balaban J connectivity index is 1.57. The van der Waals surface area contributed by atoms with Crippen molar-refractivity contribution in [1.29, 1.82) is 0 Å². The zero-order chi connectivity index (χ0) is 18.5. The van der Waals surface area contributed by atoms with E-state index in [1.165, 1.54) is 36.5 Å². The summed E-state index contributed by atoms with van der Waals surface area (Å²) < 4.78 is 18.6. The van der Waals surface area contributed by atoms with E-state index in [-0.39, 0.29) is 16.4 Å². The van der Waals surface area contributed by atoms with Gasteiger partial charge in [-0.15, -0.1) is 0 Å². The van der Waals surface area contributed by atoms with Gasteiger partial charge in [-0.2, -0.15) is 0 Å². The van der Waals surface area contributed by atoms with Crippen LogP contribution >= 0.6 is 11.3 Å². The number of nitrogens with one attached hydrogen (secondary N) is 1. The Labute approximate surface area is 151 Å². The van der Waals surface area contributed by atoms with Gasteiger partial charge in [0, 0.05) is 30.9 Å². The number of rotatable bonds is 6. The molecule has 0 unspecified atom stereocenters. The molecule has 0 bridgehead atoms. The minimum Gasteiger partial charge on any atom is -0.439 e. The molecule has 1 amide bonds. The Hall–Kier alpha value is -3.33. The average molecular weight is 373 g/mol. The lowest BCUT2D eigenvalue weighted by atomic mass is 10.3. The van der Waals surface area contributed by atoms with Crippen LogP contribution in [0.2, 0.25) is 0 Å². The highest BCUT2D eigenvalue weighted by Crippen LogP contribution is 2.24. The van der Waals surface area contributed by atoms with Crippen LogP contribution in [0.1, 0.15) is 15.2 Å². The molecule has 3 rings (SSSR count). The Bertz CT molecular complexity index is 943. The summed E-state index contributed by atoms with van der Waals surface area (Å²) in [4.78, 5) is 26.5. The molecule has 2 aromatic heterocycles. The summed E-state index contributed by atoms with van der Waals surface area (Å²) in [6.45, 7) is 0.206. The van der Waals surface area contributed by atoms with E-state index in [2.05, 4.69) is 10.3 Å². The van der Waals surface area contributed by atoms with Gasteiger partial charge in [-0.25, -0.2) is 9.37 Å². The van der Waals surface area contributed by atoms with Crippen LogP contribution in [0, 0.1) is 15.9 Å². The van der Waals surface area contributed by atoms with Gasteiger partial charge in [0.05, 0.1) is 9.80 Å². The molecule has 0 spiro atoms. The number of thiophene rings is 1. The van der Waals surface area contributed by atoms with Crippen LogP contribution in [0.5, 0.6) is 11.6 Å². The van der Waals surface area contributed by atoms with E-state index in [4.69, 9.17) is 4.74 Å². The average Bonchev–Trinajstić information content (AvgIpc) is 3.11. The summed E-state index contributed by atoms with van der Waals surface area (Å²) in [5, 5.41) is 13.2. The van der Waals surface area contributed by atoms with Crippen molar-refractivity contribution in [3.05, 3.63) is 81.1 Å². The fraction of sp³-hybridized carbons (Fsp3) is 0.0588. The third-order valence-electron chi connectivity index (χ3n) is 3.26. The molecular weight excluding hydrogens is 361 g/mol. The van der Waals surface area contributed by atoms with E-state index in [1.54, 1.807) is 18.2 Å². The van der Waals surface area contributed by atoms with Gasteiger partial charge in [-0.3, -0.25) is 14.9 Å². The zero-order valence-corrected chi connectivity index (χ0v) is 14.0. The summed E-state index contributed by atoms with van der Waals surface area (Å²) in [5.41, 5.74) is 0.719. The van der Waals surface area contributed by atoms with E-state index in [1.807, 2.05) is 0 Å². The molecule has 0 saturated carbocycles. The van der Waals surface area contributed by atoms with E-state index in [0.29, 0.717) is 11.6 Å². The molecule has 9 heteroatoms. The number of ether oxygens (including phenoxy) is 1. The summed E-state index contributed by atoms with van der Waals surface area (Å²) >= 11 is 0.812. The number of carbonyl (C=O) groups is 1. The van der Waals surface area contributed by atoms with Gasteiger partial charge in [-0.05, 0) is 23.8 Å². The number of hydrogen-bond donors (Lipinski definition) is 1. The zero-order valence-electron chi connectivity index (χ0n) is 13.2. The first-order valence-electron chi connectivity index (χ1n) is 7.42. The highest BCUT2D eigenvalue weighted by molar-refractivity contribution is 7.17. The van der Waals surface area contributed by atoms with Crippen molar-refractivity contribution < 1.29 is 18.8 Å². The predicted octanol–water partition coefficient (Wildman–Crippen LogP) is 3.91. The highest BCUT2D eigenvalue weighted by Gasteiger charge is 2.15. The summed E-state index contributed by atoms with van der Waals surface area (Å²) in [6.07, 6.45) is 1.52. The Morgan fingerprint density at radius 3 is 2.77 bits per heavy atom. The van der Waals surface area contributed by atoms with E-state index >= 15 is 0 Å². The first-order chi connectivity index (χ1) is 12.5. The second kappa shape index (κ2) is 7.70. The Kier molecular flexibility index (Phi) is 5.18. The number of carbonyl (C=O) groups excluding carboxylic acids is 1. The lowest BCUT2D eigenvalue weighted by molar-refractivity contribution is -0.380. The molecule has 7 nitrogen and oxygen atoms in total. The lowest BCUT2D eigenvalue weighted by Gasteiger charge is -2.06. The molecule has 2 heterocycles. The van der Waals surface area contributed by atoms with Gasteiger partial charge in [0.2, 0.25) is 5.88 Å². The molecule has 0 aliphatic rings. The van der Waals surface area contributed by atoms with Crippen LogP contribution in [0.15, 0.2) is 54.7 Å². The molecule has 0 atom stereocenters. The maximum atomic E-state index is 13.1. The maximum Gasteiger partial charge on any atom is 0.324 e. The first kappa shape index (κ1) is 17.5. The van der Waals surface area contributed by atoms with Gasteiger partial charge in [0.1, 0.15) is 11.6 Å². The molecule has 0 radical (unpaired) electrons. The van der Waals surface area contributed by atoms with Crippen molar-refractivity contribution in [3.8, 4) is 11.6 Å². The summed E-state index contributed by atoms with van der Waals surface area (Å²) in [5.74, 6) is -0.184. The van der Waals surface area contributed by atoms with Gasteiger partial charge < -0.3 is 10.1 Å². The van der Waals surface area contributed by atoms with E-state index in [0.717, 1.165) is 16.9 Å². The largest absolute Gasteiger partial charge is 0.439 e. The van der Waals surface area contributed by atoms with Crippen LogP contribution in [-0.4, -0.2) is 15.8 Å². The van der Waals surface area contributed by atoms with Crippen LogP contribution in [-0.2, 0) is 6.54 Å². The lowest BCUT2D eigenvalue weighted by Crippen LogP contribution is -2.21. The van der Waals surface area contributed by atoms with Crippen molar-refractivity contribution in [3.63, 3.8) is 0 Å². The third kappa shape index (κ3) is 4.39. The number of aromatic nitrogens is 1. The molecule has 0 aliphatic heterocycles. The molecule has 1 N–H and O–H groups in total. The number of hydrogen-bond acceptors (Lipinski definition) is 6. The van der Waals surface area contributed by atoms with Gasteiger partial charge in [0.15, 0.2) is 0 Å². The molecule has 26 heavy (non-hydrogen) atoms. The van der Waals surface area contributed by atoms with Crippen LogP contribution in [0.4, 0.5) is 9.39 Å². The quantitative estimate of drug-likeness (QED) is 0.522. The Morgan fingerprint density at radius 1 is 1.27 bits per heavy atom. The van der Waals surface area contributed by atoms with Crippen LogP contribution < -0.4 is 10.1 Å². The van der Waals surface area contributed by atoms with Gasteiger partial charge in [0.25, 0.3) is 5.91 Å². The van der Waals surface area contributed by atoms with Crippen molar-refractivity contribution in [1.82, 2.24) is 10.3 Å². The van der Waals surface area contributed by atoms with Crippen molar-refractivity contribution in [2.75, 3.05) is 0 Å². The molecule has 3 aromatic rings. The van der Waals surface area contributed by atoms with Gasteiger partial charge in [-0.1, -0.05) is 23.5 Å². The molecule has 1 aromatic carbocycles. The predicted molar refractivity (Wildman–Crippen MR) is 92.9 cm³/mol. The maximum absolute atomic E-state index is 13.1. The van der Waals surface area contributed by atoms with E-state index < -0.39 is 16.6 Å². The number of nitro groups is 1. The number of benzene rings is 1. The van der Waals surface area contributed by atoms with Crippen molar-refractivity contribution in [2.24, 2.45) is 0 Å². The summed E-state index contributed by atoms with van der Waals surface area (Å²) in [6, 6.07) is 11.7. The fourth-order valence-corrected chi connectivity index (χ4v) is 2.78. The fourth-order valence-electron chi connectivity index (χ4n) is 2.04. The standard InChI is InChI=1S/C17H12FN3O4S/c18-12-2-1-3-13(8-12)25-15-6-4-11(9-19-15)10-20-17(22)14-5-7-16(26-14)21(23)24/h1-9H,10H2,(H,20,22). The topological polar surface area (TPSA) is 94.4 Å². The molecule has 132 valence electrons. The number of halogens is 1. The molecular formula is C17H12FN3O4S. The van der Waals surface area contributed by atoms with Crippen molar-refractivity contribution in [2.45, 2.75) is 6.54 Å². The molecule has 0 fully saturated rings. The highest BCUT2D eigenvalue weighted by atomic mass is 32.1. The van der Waals surface area contributed by atoms with E-state index in [9.17, 15) is 19.3 Å². The van der Waals surface area contributed by atoms with Crippen LogP contribution in [0.25, 0.3) is 0 Å². The monoisotopic (exact) mass is 373 g/mol. The third-order valence-corrected chi connectivity index (χ3v) is 4.30. The summed E-state index contributed by atoms with van der Waals surface area (Å²) in [7, 11) is 0. The van der Waals surface area contributed by atoms with Crippen molar-refractivity contribution >= 4 is 22.2 Å². The van der Waals surface area contributed by atoms with Gasteiger partial charge >= 0.3 is 5.00 Å². The minimum atomic E-state index is -0.539. The number of pyridine rings is 1. The first-order valence-corrected chi connectivity index (χ1v) is 8.24. The number of nitrogens with zero attached hydrogens (tertiary/aromatic N) is 2. The van der Waals surface area contributed by atoms with Crippen LogP contribution in [0.3, 0.4) is 0 Å². The second-order valence-corrected chi connectivity index (χ2v) is 6.20. The number of amides is 1. The normalized spacial score (nSPS) is 10.3. The Morgan fingerprint density at radius 2 is 2.12 bits per heavy atom. The second-order valence-electron chi connectivity index (χ2n) is 5.14. The molecule has 0 aliphatic carbocycles. The SMILES string of the molecule is O=C(NCc1ccc(Oc2cccc(F)c2)nc1)c1ccc([N+](=O)[O-])s1. The molecule has 0 saturated heterocycles. The minimum absolute atomic E-state index is 0.0873. The smallest absolute Gasteiger partial charge is 0.324 e.